The van der Waals surface area contributed by atoms with Crippen molar-refractivity contribution in [1.82, 2.24) is 0 Å². The molecule has 0 bridgehead atoms. The number of rotatable bonds is 7. The van der Waals surface area contributed by atoms with Gasteiger partial charge in [0, 0.05) is 12.8 Å². The van der Waals surface area contributed by atoms with Crippen LogP contribution in [0.4, 0.5) is 0 Å². The smallest absolute Gasteiger partial charge is 0.331 e. The number of aliphatic carboxylic acids is 1. The molecular weight excluding hydrogens is 214 g/mol. The first-order valence-electron chi connectivity index (χ1n) is 4.83. The molecule has 88 valence electrons. The number of esters is 1. The normalized spacial score (nSPS) is 11.2. The van der Waals surface area contributed by atoms with Gasteiger partial charge >= 0.3 is 11.9 Å². The SMILES string of the molecule is CCOC(=O)C(C#N)C(=O)CCCC(=O)O. The number of nitrogens with zero attached hydrogens (tertiary/aromatic N) is 1. The van der Waals surface area contributed by atoms with Crippen LogP contribution >= 0.6 is 0 Å². The van der Waals surface area contributed by atoms with E-state index < -0.39 is 23.6 Å². The Labute approximate surface area is 92.8 Å². The lowest BCUT2D eigenvalue weighted by molar-refractivity contribution is -0.149. The van der Waals surface area contributed by atoms with Crippen molar-refractivity contribution in [3.05, 3.63) is 0 Å². The second-order valence-electron chi connectivity index (χ2n) is 3.03. The molecule has 1 unspecified atom stereocenters. The quantitative estimate of drug-likeness (QED) is 0.502. The Morgan fingerprint density at radius 1 is 1.38 bits per heavy atom. The number of hydrogen-bond donors (Lipinski definition) is 1. The second-order valence-corrected chi connectivity index (χ2v) is 3.03. The molecule has 0 rings (SSSR count). The first kappa shape index (κ1) is 14.1. The molecule has 16 heavy (non-hydrogen) atoms. The van der Waals surface area contributed by atoms with Gasteiger partial charge in [-0.25, -0.2) is 0 Å². The van der Waals surface area contributed by atoms with Crippen LogP contribution in [-0.4, -0.2) is 29.4 Å². The fraction of sp³-hybridized carbons (Fsp3) is 0.600. The van der Waals surface area contributed by atoms with Gasteiger partial charge in [0.2, 0.25) is 5.92 Å². The molecule has 0 heterocycles. The van der Waals surface area contributed by atoms with Gasteiger partial charge in [-0.1, -0.05) is 0 Å². The third-order valence-corrected chi connectivity index (χ3v) is 1.79. The highest BCUT2D eigenvalue weighted by molar-refractivity contribution is 6.01. The number of hydrogen-bond acceptors (Lipinski definition) is 5. The summed E-state index contributed by atoms with van der Waals surface area (Å²) in [6.07, 6.45) is -0.151. The van der Waals surface area contributed by atoms with E-state index >= 15 is 0 Å². The average molecular weight is 227 g/mol. The largest absolute Gasteiger partial charge is 0.481 e. The lowest BCUT2D eigenvalue weighted by atomic mass is 10.0. The summed E-state index contributed by atoms with van der Waals surface area (Å²) in [5.41, 5.74) is 0. The first-order chi connectivity index (χ1) is 7.52. The predicted octanol–water partition coefficient (Wildman–Crippen LogP) is 0.513. The van der Waals surface area contributed by atoms with Crippen molar-refractivity contribution < 1.29 is 24.2 Å². The van der Waals surface area contributed by atoms with Crippen LogP contribution in [0.5, 0.6) is 0 Å². The standard InChI is InChI=1S/C10H13NO5/c1-2-16-10(15)7(6-11)8(12)4-3-5-9(13)14/h7H,2-5H2,1H3,(H,13,14). The molecule has 0 aromatic heterocycles. The maximum absolute atomic E-state index is 11.4. The third-order valence-electron chi connectivity index (χ3n) is 1.79. The van der Waals surface area contributed by atoms with Crippen molar-refractivity contribution >= 4 is 17.7 Å². The summed E-state index contributed by atoms with van der Waals surface area (Å²) in [5.74, 6) is -3.92. The van der Waals surface area contributed by atoms with Crippen molar-refractivity contribution in [2.24, 2.45) is 5.92 Å². The average Bonchev–Trinajstić information content (AvgIpc) is 2.18. The fourth-order valence-electron chi connectivity index (χ4n) is 1.04. The topological polar surface area (TPSA) is 104 Å². The highest BCUT2D eigenvalue weighted by Gasteiger charge is 2.27. The van der Waals surface area contributed by atoms with Crippen LogP contribution in [0, 0.1) is 17.2 Å². The van der Waals surface area contributed by atoms with E-state index in [1.807, 2.05) is 0 Å². The fourth-order valence-corrected chi connectivity index (χ4v) is 1.04. The number of carboxylic acid groups (broad SMARTS) is 1. The molecule has 1 atom stereocenters. The summed E-state index contributed by atoms with van der Waals surface area (Å²) in [4.78, 5) is 32.7. The molecule has 0 saturated heterocycles. The molecule has 0 saturated carbocycles. The summed E-state index contributed by atoms with van der Waals surface area (Å²) < 4.78 is 4.54. The van der Waals surface area contributed by atoms with E-state index in [0.717, 1.165) is 0 Å². The predicted molar refractivity (Wildman–Crippen MR) is 52.2 cm³/mol. The molecule has 1 N–H and O–H groups in total. The van der Waals surface area contributed by atoms with Crippen LogP contribution in [0.25, 0.3) is 0 Å². The van der Waals surface area contributed by atoms with Gasteiger partial charge in [-0.3, -0.25) is 14.4 Å². The van der Waals surface area contributed by atoms with Crippen molar-refractivity contribution in [1.29, 1.82) is 5.26 Å². The van der Waals surface area contributed by atoms with E-state index in [1.54, 1.807) is 13.0 Å². The Balaban J connectivity index is 4.17. The van der Waals surface area contributed by atoms with E-state index in [2.05, 4.69) is 4.74 Å². The lowest BCUT2D eigenvalue weighted by Gasteiger charge is -2.06. The van der Waals surface area contributed by atoms with Gasteiger partial charge in [0.1, 0.15) is 0 Å². The maximum Gasteiger partial charge on any atom is 0.331 e. The Bertz CT molecular complexity index is 318. The number of Topliss-reactive ketones (excluding diaryl/α,β-unsaturated/α-hetero) is 1. The number of nitriles is 1. The minimum absolute atomic E-state index is 0.0966. The summed E-state index contributed by atoms with van der Waals surface area (Å²) in [5, 5.41) is 17.0. The number of ketones is 1. The molecule has 0 amide bonds. The van der Waals surface area contributed by atoms with Gasteiger partial charge in [0.25, 0.3) is 0 Å². The van der Waals surface area contributed by atoms with E-state index in [-0.39, 0.29) is 25.9 Å². The summed E-state index contributed by atoms with van der Waals surface area (Å²) >= 11 is 0. The van der Waals surface area contributed by atoms with Crippen LogP contribution in [0.15, 0.2) is 0 Å². The minimum Gasteiger partial charge on any atom is -0.481 e. The van der Waals surface area contributed by atoms with Crippen molar-refractivity contribution in [2.45, 2.75) is 26.2 Å². The zero-order chi connectivity index (χ0) is 12.6. The van der Waals surface area contributed by atoms with Crippen LogP contribution < -0.4 is 0 Å². The third kappa shape index (κ3) is 5.10. The zero-order valence-corrected chi connectivity index (χ0v) is 8.93. The van der Waals surface area contributed by atoms with Crippen LogP contribution in [0.1, 0.15) is 26.2 Å². The van der Waals surface area contributed by atoms with Crippen LogP contribution in [0.2, 0.25) is 0 Å². The number of ether oxygens (including phenoxy) is 1. The summed E-state index contributed by atoms with van der Waals surface area (Å²) in [7, 11) is 0. The van der Waals surface area contributed by atoms with E-state index in [0.29, 0.717) is 0 Å². The van der Waals surface area contributed by atoms with Gasteiger partial charge in [-0.05, 0) is 13.3 Å². The maximum atomic E-state index is 11.4. The molecule has 0 aliphatic heterocycles. The van der Waals surface area contributed by atoms with Crippen molar-refractivity contribution in [2.75, 3.05) is 6.61 Å². The lowest BCUT2D eigenvalue weighted by Crippen LogP contribution is -2.24. The highest BCUT2D eigenvalue weighted by atomic mass is 16.5. The van der Waals surface area contributed by atoms with Gasteiger partial charge in [0.15, 0.2) is 5.78 Å². The van der Waals surface area contributed by atoms with Crippen molar-refractivity contribution in [3.63, 3.8) is 0 Å². The number of carbonyl (C=O) groups is 3. The molecule has 0 spiro atoms. The van der Waals surface area contributed by atoms with Gasteiger partial charge in [-0.15, -0.1) is 0 Å². The zero-order valence-electron chi connectivity index (χ0n) is 8.93. The molecule has 0 radical (unpaired) electrons. The molecule has 6 nitrogen and oxygen atoms in total. The van der Waals surface area contributed by atoms with Gasteiger partial charge in [0.05, 0.1) is 12.7 Å². The molecule has 0 aliphatic rings. The second kappa shape index (κ2) is 7.40. The number of carbonyl (C=O) groups excluding carboxylic acids is 2. The highest BCUT2D eigenvalue weighted by Crippen LogP contribution is 2.07. The molecule has 0 aliphatic carbocycles. The van der Waals surface area contributed by atoms with Gasteiger partial charge < -0.3 is 9.84 Å². The molecule has 0 fully saturated rings. The molecule has 0 aromatic rings. The molecule has 6 heteroatoms. The Morgan fingerprint density at radius 3 is 2.44 bits per heavy atom. The van der Waals surface area contributed by atoms with E-state index in [1.165, 1.54) is 0 Å². The minimum atomic E-state index is -1.44. The summed E-state index contributed by atoms with van der Waals surface area (Å²) in [6.45, 7) is 1.67. The van der Waals surface area contributed by atoms with Crippen LogP contribution in [-0.2, 0) is 19.1 Å². The Morgan fingerprint density at radius 2 is 2.00 bits per heavy atom. The Kier molecular flexibility index (Phi) is 6.52. The van der Waals surface area contributed by atoms with Crippen LogP contribution in [0.3, 0.4) is 0 Å². The van der Waals surface area contributed by atoms with Gasteiger partial charge in [-0.2, -0.15) is 5.26 Å². The van der Waals surface area contributed by atoms with Crippen molar-refractivity contribution in [3.8, 4) is 6.07 Å². The Hall–Kier alpha value is -1.90. The molecule has 0 aromatic carbocycles. The van der Waals surface area contributed by atoms with E-state index in [9.17, 15) is 14.4 Å². The first-order valence-corrected chi connectivity index (χ1v) is 4.83. The summed E-state index contributed by atoms with van der Waals surface area (Å²) in [6, 6.07) is 1.55. The molecular formula is C10H13NO5. The van der Waals surface area contributed by atoms with E-state index in [4.69, 9.17) is 10.4 Å². The number of carboxylic acids is 1. The monoisotopic (exact) mass is 227 g/mol.